The van der Waals surface area contributed by atoms with Crippen LogP contribution in [0.4, 0.5) is 11.5 Å². The summed E-state index contributed by atoms with van der Waals surface area (Å²) >= 11 is 13.3. The minimum Gasteiger partial charge on any atom is -0.378 e. The molecule has 0 N–H and O–H groups in total. The van der Waals surface area contributed by atoms with Crippen molar-refractivity contribution in [3.63, 3.8) is 0 Å². The van der Waals surface area contributed by atoms with Crippen molar-refractivity contribution >= 4 is 52.0 Å². The van der Waals surface area contributed by atoms with Gasteiger partial charge in [-0.05, 0) is 6.07 Å². The van der Waals surface area contributed by atoms with Gasteiger partial charge in [-0.15, -0.1) is 16.4 Å². The van der Waals surface area contributed by atoms with Gasteiger partial charge in [0.25, 0.3) is 5.91 Å². The quantitative estimate of drug-likeness (QED) is 0.749. The Morgan fingerprint density at radius 2 is 1.78 bits per heavy atom. The fourth-order valence-electron chi connectivity index (χ4n) is 3.29. The molecule has 2 aromatic rings. The lowest BCUT2D eigenvalue weighted by Gasteiger charge is -2.35. The average Bonchev–Trinajstić information content (AvgIpc) is 3.06. The van der Waals surface area contributed by atoms with Gasteiger partial charge < -0.3 is 19.4 Å². The summed E-state index contributed by atoms with van der Waals surface area (Å²) < 4.78 is 6.37. The first kappa shape index (κ1) is 18.7. The molecule has 0 atom stereocenters. The first-order valence-electron chi connectivity index (χ1n) is 8.76. The van der Waals surface area contributed by atoms with Crippen LogP contribution in [0, 0.1) is 0 Å². The molecule has 0 aromatic carbocycles. The van der Waals surface area contributed by atoms with E-state index >= 15 is 0 Å². The fraction of sp³-hybridized carbons (Fsp3) is 0.471. The molecule has 0 saturated carbocycles. The molecule has 0 unspecified atom stereocenters. The van der Waals surface area contributed by atoms with E-state index in [4.69, 9.17) is 27.9 Å². The van der Waals surface area contributed by atoms with Gasteiger partial charge in [0.15, 0.2) is 5.82 Å². The molecule has 27 heavy (non-hydrogen) atoms. The number of rotatable bonds is 3. The summed E-state index contributed by atoms with van der Waals surface area (Å²) in [6.45, 7) is 5.78. The van der Waals surface area contributed by atoms with Crippen molar-refractivity contribution in [2.45, 2.75) is 0 Å². The van der Waals surface area contributed by atoms with Crippen LogP contribution in [0.25, 0.3) is 0 Å². The molecule has 2 saturated heterocycles. The van der Waals surface area contributed by atoms with Crippen molar-refractivity contribution in [2.75, 3.05) is 62.3 Å². The Bertz CT molecular complexity index is 819. The number of thiophene rings is 1. The number of halogens is 2. The van der Waals surface area contributed by atoms with Gasteiger partial charge in [0, 0.05) is 45.3 Å². The zero-order chi connectivity index (χ0) is 18.8. The number of anilines is 2. The van der Waals surface area contributed by atoms with Crippen LogP contribution in [0.2, 0.25) is 8.67 Å². The normalized spacial score (nSPS) is 18.1. The van der Waals surface area contributed by atoms with Gasteiger partial charge in [-0.1, -0.05) is 23.2 Å². The molecule has 4 heterocycles. The van der Waals surface area contributed by atoms with Crippen molar-refractivity contribution in [1.82, 2.24) is 15.1 Å². The third-order valence-electron chi connectivity index (χ3n) is 4.78. The summed E-state index contributed by atoms with van der Waals surface area (Å²) in [6, 6.07) is 3.70. The monoisotopic (exact) mass is 427 g/mol. The lowest BCUT2D eigenvalue weighted by atomic mass is 10.2. The molecule has 0 bridgehead atoms. The number of ether oxygens (including phenoxy) is 1. The maximum Gasteiger partial charge on any atom is 0.256 e. The van der Waals surface area contributed by atoms with Gasteiger partial charge in [-0.3, -0.25) is 4.79 Å². The first-order chi connectivity index (χ1) is 13.1. The molecule has 1 amide bonds. The molecule has 2 aliphatic heterocycles. The van der Waals surface area contributed by atoms with E-state index in [0.29, 0.717) is 40.4 Å². The number of piperazine rings is 1. The van der Waals surface area contributed by atoms with Crippen molar-refractivity contribution < 1.29 is 9.53 Å². The number of aromatic nitrogens is 2. The van der Waals surface area contributed by atoms with E-state index in [1.54, 1.807) is 17.2 Å². The molecule has 2 aliphatic rings. The van der Waals surface area contributed by atoms with Crippen LogP contribution < -0.4 is 9.80 Å². The first-order valence-corrected chi connectivity index (χ1v) is 10.3. The lowest BCUT2D eigenvalue weighted by molar-refractivity contribution is 0.0747. The highest BCUT2D eigenvalue weighted by Crippen LogP contribution is 2.32. The zero-order valence-corrected chi connectivity index (χ0v) is 16.9. The van der Waals surface area contributed by atoms with Crippen LogP contribution in [0.5, 0.6) is 0 Å². The molecule has 0 radical (unpaired) electrons. The molecular formula is C17H19Cl2N5O2S. The second kappa shape index (κ2) is 8.18. The van der Waals surface area contributed by atoms with E-state index in [-0.39, 0.29) is 5.91 Å². The van der Waals surface area contributed by atoms with E-state index in [0.717, 1.165) is 37.8 Å². The number of carbonyl (C=O) groups is 1. The van der Waals surface area contributed by atoms with E-state index < -0.39 is 0 Å². The van der Waals surface area contributed by atoms with Crippen LogP contribution in [-0.2, 0) is 4.74 Å². The fourth-order valence-corrected chi connectivity index (χ4v) is 4.74. The van der Waals surface area contributed by atoms with Crippen LogP contribution in [0.3, 0.4) is 0 Å². The maximum absolute atomic E-state index is 12.7. The number of nitrogens with zero attached hydrogens (tertiary/aromatic N) is 5. The Kier molecular flexibility index (Phi) is 5.68. The topological polar surface area (TPSA) is 61.8 Å². The van der Waals surface area contributed by atoms with Crippen LogP contribution in [0.1, 0.15) is 10.4 Å². The Balaban J connectivity index is 1.40. The van der Waals surface area contributed by atoms with Crippen molar-refractivity contribution in [1.29, 1.82) is 0 Å². The summed E-state index contributed by atoms with van der Waals surface area (Å²) in [5.41, 5.74) is 1.54. The van der Waals surface area contributed by atoms with Crippen molar-refractivity contribution in [3.8, 4) is 0 Å². The Morgan fingerprint density at radius 3 is 2.44 bits per heavy atom. The molecule has 4 rings (SSSR count). The zero-order valence-electron chi connectivity index (χ0n) is 14.6. The number of morpholine rings is 1. The molecule has 2 fully saturated rings. The van der Waals surface area contributed by atoms with E-state index in [1.165, 1.54) is 11.3 Å². The number of amides is 1. The van der Waals surface area contributed by atoms with Gasteiger partial charge in [-0.25, -0.2) is 0 Å². The Morgan fingerprint density at radius 1 is 1.04 bits per heavy atom. The van der Waals surface area contributed by atoms with Gasteiger partial charge in [0.2, 0.25) is 0 Å². The van der Waals surface area contributed by atoms with E-state index in [9.17, 15) is 4.79 Å². The van der Waals surface area contributed by atoms with Crippen molar-refractivity contribution in [3.05, 3.63) is 32.6 Å². The summed E-state index contributed by atoms with van der Waals surface area (Å²) in [6.07, 6.45) is 1.79. The van der Waals surface area contributed by atoms with Gasteiger partial charge in [0.05, 0.1) is 35.0 Å². The average molecular weight is 428 g/mol. The highest BCUT2D eigenvalue weighted by molar-refractivity contribution is 7.20. The Hall–Kier alpha value is -1.61. The smallest absolute Gasteiger partial charge is 0.256 e. The predicted molar refractivity (Wildman–Crippen MR) is 108 cm³/mol. The molecule has 10 heteroatoms. The van der Waals surface area contributed by atoms with Gasteiger partial charge in [-0.2, -0.15) is 5.10 Å². The molecule has 0 spiro atoms. The largest absolute Gasteiger partial charge is 0.378 e. The third-order valence-corrected chi connectivity index (χ3v) is 6.27. The second-order valence-electron chi connectivity index (χ2n) is 6.39. The number of hydrogen-bond donors (Lipinski definition) is 0. The maximum atomic E-state index is 12.7. The highest BCUT2D eigenvalue weighted by atomic mass is 35.5. The molecular weight excluding hydrogens is 409 g/mol. The van der Waals surface area contributed by atoms with Gasteiger partial charge in [0.1, 0.15) is 4.34 Å². The molecule has 7 nitrogen and oxygen atoms in total. The summed E-state index contributed by atoms with van der Waals surface area (Å²) in [4.78, 5) is 18.9. The summed E-state index contributed by atoms with van der Waals surface area (Å²) in [5, 5.41) is 8.45. The summed E-state index contributed by atoms with van der Waals surface area (Å²) in [7, 11) is 0. The standard InChI is InChI=1S/C17H19Cl2N5O2S/c18-14-10-13(16(19)27-14)17(25)24-3-1-23(2-4-24)15-9-12(11-20-21-15)22-5-7-26-8-6-22/h9-11H,1-8H2. The second-order valence-corrected chi connectivity index (χ2v) is 8.67. The molecule has 2 aromatic heterocycles. The van der Waals surface area contributed by atoms with E-state index in [2.05, 4.69) is 26.1 Å². The third kappa shape index (κ3) is 4.13. The molecule has 144 valence electrons. The van der Waals surface area contributed by atoms with Crippen LogP contribution >= 0.6 is 34.5 Å². The predicted octanol–water partition coefficient (Wildman–Crippen LogP) is 2.64. The highest BCUT2D eigenvalue weighted by Gasteiger charge is 2.26. The minimum atomic E-state index is -0.0732. The SMILES string of the molecule is O=C(c1cc(Cl)sc1Cl)N1CCN(c2cc(N3CCOCC3)cnn2)CC1. The van der Waals surface area contributed by atoms with Crippen molar-refractivity contribution in [2.24, 2.45) is 0 Å². The molecule has 0 aliphatic carbocycles. The number of carbonyl (C=O) groups excluding carboxylic acids is 1. The van der Waals surface area contributed by atoms with Crippen LogP contribution in [0.15, 0.2) is 18.3 Å². The summed E-state index contributed by atoms with van der Waals surface area (Å²) in [5.74, 6) is 0.763. The Labute approximate surface area is 171 Å². The van der Waals surface area contributed by atoms with Crippen LogP contribution in [-0.4, -0.2) is 73.5 Å². The minimum absolute atomic E-state index is 0.0732. The van der Waals surface area contributed by atoms with Gasteiger partial charge >= 0.3 is 0 Å². The number of hydrogen-bond acceptors (Lipinski definition) is 7. The van der Waals surface area contributed by atoms with E-state index in [1.807, 2.05) is 0 Å². The lowest BCUT2D eigenvalue weighted by Crippen LogP contribution is -2.49.